The molecule has 138 valence electrons. The lowest BCUT2D eigenvalue weighted by atomic mass is 9.65. The van der Waals surface area contributed by atoms with Crippen LogP contribution in [0.5, 0.6) is 23.0 Å². The molecule has 2 atom stereocenters. The lowest BCUT2D eigenvalue weighted by Gasteiger charge is -2.38. The molecule has 1 aliphatic carbocycles. The topological polar surface area (TPSA) is 80.0 Å². The van der Waals surface area contributed by atoms with Crippen molar-refractivity contribution in [3.8, 4) is 23.0 Å². The number of methoxy groups -OCH3 is 4. The van der Waals surface area contributed by atoms with Gasteiger partial charge in [-0.2, -0.15) is 0 Å². The Morgan fingerprint density at radius 1 is 0.923 bits per heavy atom. The fourth-order valence-electron chi connectivity index (χ4n) is 3.70. The largest absolute Gasteiger partial charge is 0.495 e. The fraction of sp³-hybridized carbons (Fsp3) is 0.350. The van der Waals surface area contributed by atoms with Crippen molar-refractivity contribution in [1.29, 1.82) is 0 Å². The molecule has 0 saturated heterocycles. The molecule has 0 bridgehead atoms. The van der Waals surface area contributed by atoms with Crippen molar-refractivity contribution in [2.45, 2.75) is 18.8 Å². The summed E-state index contributed by atoms with van der Waals surface area (Å²) in [7, 11) is 6.17. The number of carbonyl (C=O) groups is 1. The number of fused-ring (bicyclic) bond motifs is 1. The monoisotopic (exact) mass is 357 g/mol. The molecule has 0 fully saturated rings. The van der Waals surface area contributed by atoms with Gasteiger partial charge >= 0.3 is 0 Å². The van der Waals surface area contributed by atoms with E-state index < -0.39 is 0 Å². The maximum absolute atomic E-state index is 13.2. The Bertz CT molecular complexity index is 837. The van der Waals surface area contributed by atoms with Gasteiger partial charge in [0.25, 0.3) is 0 Å². The van der Waals surface area contributed by atoms with E-state index in [9.17, 15) is 4.79 Å². The zero-order valence-corrected chi connectivity index (χ0v) is 15.6. The first kappa shape index (κ1) is 17.9. The number of nitrogens with two attached hydrogens (primary N) is 1. The summed E-state index contributed by atoms with van der Waals surface area (Å²) >= 11 is 0. The highest BCUT2D eigenvalue weighted by molar-refractivity contribution is 6.05. The molecule has 0 saturated carbocycles. The highest BCUT2D eigenvalue weighted by Crippen LogP contribution is 2.53. The molecule has 0 spiro atoms. The average Bonchev–Trinajstić information content (AvgIpc) is 2.65. The van der Waals surface area contributed by atoms with Gasteiger partial charge in [0.05, 0.1) is 40.0 Å². The predicted molar refractivity (Wildman–Crippen MR) is 99.0 cm³/mol. The molecule has 2 N–H and O–H groups in total. The van der Waals surface area contributed by atoms with Crippen molar-refractivity contribution >= 4 is 11.5 Å². The first-order chi connectivity index (χ1) is 12.5. The smallest absolute Gasteiger partial charge is 0.203 e. The summed E-state index contributed by atoms with van der Waals surface area (Å²) < 4.78 is 21.3. The number of carbonyl (C=O) groups excluding carboxylic acids is 1. The zero-order valence-electron chi connectivity index (χ0n) is 15.6. The van der Waals surface area contributed by atoms with Crippen LogP contribution in [0.15, 0.2) is 24.3 Å². The molecule has 1 unspecified atom stereocenters. The first-order valence-electron chi connectivity index (χ1n) is 8.28. The molecule has 2 aromatic rings. The third-order valence-corrected chi connectivity index (χ3v) is 5.02. The lowest BCUT2D eigenvalue weighted by molar-refractivity contribution is 0.0935. The maximum Gasteiger partial charge on any atom is 0.203 e. The van der Waals surface area contributed by atoms with Crippen molar-refractivity contribution in [2.75, 3.05) is 34.2 Å². The Hall–Kier alpha value is -2.89. The van der Waals surface area contributed by atoms with Crippen LogP contribution >= 0.6 is 0 Å². The second-order valence-corrected chi connectivity index (χ2v) is 6.23. The Morgan fingerprint density at radius 2 is 1.50 bits per heavy atom. The van der Waals surface area contributed by atoms with E-state index in [2.05, 4.69) is 0 Å². The van der Waals surface area contributed by atoms with Crippen LogP contribution < -0.4 is 24.7 Å². The molecule has 0 aromatic heterocycles. The van der Waals surface area contributed by atoms with Crippen LogP contribution in [0.4, 0.5) is 5.69 Å². The highest BCUT2D eigenvalue weighted by atomic mass is 16.5. The number of ether oxygens (including phenoxy) is 4. The Morgan fingerprint density at radius 3 is 2.00 bits per heavy atom. The van der Waals surface area contributed by atoms with Crippen molar-refractivity contribution in [3.63, 3.8) is 0 Å². The molecule has 6 heteroatoms. The van der Waals surface area contributed by atoms with E-state index in [1.165, 1.54) is 21.3 Å². The summed E-state index contributed by atoms with van der Waals surface area (Å²) in [6.45, 7) is 2.00. The standard InChI is InChI=1S/C20H23NO5/c1-10-16-12(6-7-13(23-2)18(16)21)17(10)19(22)11-8-14(24-3)20(26-5)15(9-11)25-4/h6-10,17H,21H2,1-5H3/t10-,17?/m0/s1. The van der Waals surface area contributed by atoms with Gasteiger partial charge in [-0.1, -0.05) is 13.0 Å². The van der Waals surface area contributed by atoms with Crippen molar-refractivity contribution in [1.82, 2.24) is 0 Å². The minimum Gasteiger partial charge on any atom is -0.495 e. The van der Waals surface area contributed by atoms with Crippen molar-refractivity contribution in [2.24, 2.45) is 0 Å². The second kappa shape index (κ2) is 6.78. The predicted octanol–water partition coefficient (Wildman–Crippen LogP) is 3.39. The van der Waals surface area contributed by atoms with Crippen LogP contribution in [-0.4, -0.2) is 34.2 Å². The number of hydrogen-bond acceptors (Lipinski definition) is 6. The van der Waals surface area contributed by atoms with E-state index in [4.69, 9.17) is 24.7 Å². The number of nitrogen functional groups attached to an aromatic ring is 1. The van der Waals surface area contributed by atoms with E-state index >= 15 is 0 Å². The molecule has 0 amide bonds. The summed E-state index contributed by atoms with van der Waals surface area (Å²) in [5.74, 6) is 1.74. The summed E-state index contributed by atoms with van der Waals surface area (Å²) in [5.41, 5.74) is 9.21. The summed E-state index contributed by atoms with van der Waals surface area (Å²) in [6, 6.07) is 7.07. The van der Waals surface area contributed by atoms with Gasteiger partial charge in [-0.15, -0.1) is 0 Å². The molecule has 1 aliphatic rings. The average molecular weight is 357 g/mol. The Balaban J connectivity index is 2.02. The third kappa shape index (κ3) is 2.53. The Kier molecular flexibility index (Phi) is 4.68. The normalized spacial score (nSPS) is 17.7. The molecule has 0 radical (unpaired) electrons. The first-order valence-corrected chi connectivity index (χ1v) is 8.28. The highest BCUT2D eigenvalue weighted by Gasteiger charge is 2.42. The maximum atomic E-state index is 13.2. The van der Waals surface area contributed by atoms with E-state index in [1.807, 2.05) is 13.0 Å². The third-order valence-electron chi connectivity index (χ3n) is 5.02. The fourth-order valence-corrected chi connectivity index (χ4v) is 3.70. The molecule has 3 rings (SSSR count). The van der Waals surface area contributed by atoms with Crippen molar-refractivity contribution in [3.05, 3.63) is 41.0 Å². The van der Waals surface area contributed by atoms with Crippen LogP contribution in [0.25, 0.3) is 0 Å². The van der Waals surface area contributed by atoms with Gasteiger partial charge in [-0.05, 0) is 35.2 Å². The molecular formula is C20H23NO5. The van der Waals surface area contributed by atoms with Crippen molar-refractivity contribution < 1.29 is 23.7 Å². The number of rotatable bonds is 6. The molecule has 0 heterocycles. The number of anilines is 1. The SMILES string of the molecule is COc1ccc2c(c1N)[C@H](C)C2C(=O)c1cc(OC)c(OC)c(OC)c1. The summed E-state index contributed by atoms with van der Waals surface area (Å²) in [5, 5.41) is 0. The number of Topliss-reactive ketones (excluding diaryl/α,β-unsaturated/α-hetero) is 1. The van der Waals surface area contributed by atoms with Gasteiger partial charge in [0.15, 0.2) is 17.3 Å². The summed E-state index contributed by atoms with van der Waals surface area (Å²) in [6.07, 6.45) is 0. The zero-order chi connectivity index (χ0) is 19.0. The van der Waals surface area contributed by atoms with Gasteiger partial charge in [-0.3, -0.25) is 4.79 Å². The lowest BCUT2D eigenvalue weighted by Crippen LogP contribution is -2.30. The van der Waals surface area contributed by atoms with Crippen LogP contribution in [0.1, 0.15) is 40.2 Å². The number of benzene rings is 2. The van der Waals surface area contributed by atoms with Crippen LogP contribution in [-0.2, 0) is 0 Å². The van der Waals surface area contributed by atoms with Gasteiger partial charge in [0.2, 0.25) is 5.75 Å². The van der Waals surface area contributed by atoms with Crippen LogP contribution in [0, 0.1) is 0 Å². The number of hydrogen-bond donors (Lipinski definition) is 1. The molecule has 6 nitrogen and oxygen atoms in total. The molecule has 26 heavy (non-hydrogen) atoms. The van der Waals surface area contributed by atoms with Gasteiger partial charge in [0, 0.05) is 5.56 Å². The second-order valence-electron chi connectivity index (χ2n) is 6.23. The number of ketones is 1. The van der Waals surface area contributed by atoms with Crippen LogP contribution in [0.2, 0.25) is 0 Å². The van der Waals surface area contributed by atoms with Gasteiger partial charge in [0.1, 0.15) is 5.75 Å². The van der Waals surface area contributed by atoms with Gasteiger partial charge < -0.3 is 24.7 Å². The van der Waals surface area contributed by atoms with E-state index in [1.54, 1.807) is 25.3 Å². The van der Waals surface area contributed by atoms with Gasteiger partial charge in [-0.25, -0.2) is 0 Å². The Labute approximate surface area is 152 Å². The molecule has 0 aliphatic heterocycles. The molecule has 2 aromatic carbocycles. The molecular weight excluding hydrogens is 334 g/mol. The summed E-state index contributed by atoms with van der Waals surface area (Å²) in [4.78, 5) is 13.2. The minimum atomic E-state index is -0.263. The minimum absolute atomic E-state index is 0.00572. The van der Waals surface area contributed by atoms with E-state index in [0.29, 0.717) is 34.2 Å². The quantitative estimate of drug-likeness (QED) is 0.630. The van der Waals surface area contributed by atoms with E-state index in [0.717, 1.165) is 11.1 Å². The van der Waals surface area contributed by atoms with Crippen LogP contribution in [0.3, 0.4) is 0 Å². The van der Waals surface area contributed by atoms with E-state index in [-0.39, 0.29) is 17.6 Å².